The van der Waals surface area contributed by atoms with Crippen LogP contribution in [0, 0.1) is 0 Å². The van der Waals surface area contributed by atoms with Crippen LogP contribution in [0.25, 0.3) is 0 Å². The molecule has 112 valence electrons. The van der Waals surface area contributed by atoms with Crippen LogP contribution in [0.5, 0.6) is 0 Å². The molecule has 1 rings (SSSR count). The molecule has 0 aromatic carbocycles. The van der Waals surface area contributed by atoms with Crippen LogP contribution >= 0.6 is 11.8 Å². The summed E-state index contributed by atoms with van der Waals surface area (Å²) in [5.41, 5.74) is -0.225. The van der Waals surface area contributed by atoms with Gasteiger partial charge in [-0.2, -0.15) is 4.68 Å². The molecule has 0 bridgehead atoms. The van der Waals surface area contributed by atoms with Gasteiger partial charge in [-0.1, -0.05) is 32.5 Å². The summed E-state index contributed by atoms with van der Waals surface area (Å²) < 4.78 is 1.04. The van der Waals surface area contributed by atoms with Crippen molar-refractivity contribution in [2.45, 2.75) is 31.3 Å². The largest absolute Gasteiger partial charge is 0.473 e. The molecule has 1 heterocycles. The smallest absolute Gasteiger partial charge is 0.414 e. The second-order valence-corrected chi connectivity index (χ2v) is 5.34. The molecular formula is C10H16N4O5S. The first-order valence-electron chi connectivity index (χ1n) is 5.27. The monoisotopic (exact) mass is 304 g/mol. The van der Waals surface area contributed by atoms with E-state index in [1.165, 1.54) is 11.8 Å². The number of nitrogens with zero attached hydrogens (tertiary/aromatic N) is 3. The lowest BCUT2D eigenvalue weighted by Gasteiger charge is -2.16. The Balaban J connectivity index is 0.000000511. The number of aliphatic carboxylic acids is 2. The Morgan fingerprint density at radius 2 is 1.65 bits per heavy atom. The van der Waals surface area contributed by atoms with Gasteiger partial charge >= 0.3 is 11.9 Å². The zero-order valence-corrected chi connectivity index (χ0v) is 12.3. The number of carboxylic acids is 2. The molecule has 1 aromatic rings. The standard InChI is InChI=1S/C8H14N4OS.C2H2O4/c1-8(2,3)5-6(13)12(9)7(14-4)11-10-5;3-1(4)2(5)6/h9H2,1-4H3;(H,3,4)(H,5,6). The number of rotatable bonds is 1. The van der Waals surface area contributed by atoms with Crippen LogP contribution in [-0.2, 0) is 15.0 Å². The van der Waals surface area contributed by atoms with Crippen molar-refractivity contribution in [2.24, 2.45) is 0 Å². The molecule has 0 aliphatic carbocycles. The summed E-state index contributed by atoms with van der Waals surface area (Å²) >= 11 is 1.29. The Kier molecular flexibility index (Phi) is 6.17. The molecule has 4 N–H and O–H groups in total. The number of carbonyl (C=O) groups is 2. The molecule has 0 amide bonds. The number of nitrogens with two attached hydrogens (primary N) is 1. The van der Waals surface area contributed by atoms with Crippen molar-refractivity contribution in [3.8, 4) is 0 Å². The minimum Gasteiger partial charge on any atom is -0.473 e. The van der Waals surface area contributed by atoms with E-state index in [1.807, 2.05) is 20.8 Å². The third-order valence-corrected chi connectivity index (χ3v) is 2.58. The molecule has 0 fully saturated rings. The number of hydrogen-bond acceptors (Lipinski definition) is 7. The summed E-state index contributed by atoms with van der Waals surface area (Å²) in [5.74, 6) is 1.92. The predicted molar refractivity (Wildman–Crippen MR) is 72.2 cm³/mol. The zero-order valence-electron chi connectivity index (χ0n) is 11.4. The molecule has 0 saturated heterocycles. The molecule has 0 unspecified atom stereocenters. The Hall–Kier alpha value is -2.10. The van der Waals surface area contributed by atoms with E-state index >= 15 is 0 Å². The summed E-state index contributed by atoms with van der Waals surface area (Å²) in [5, 5.41) is 23.0. The van der Waals surface area contributed by atoms with Gasteiger partial charge in [-0.15, -0.1) is 10.2 Å². The Morgan fingerprint density at radius 3 is 1.95 bits per heavy atom. The van der Waals surface area contributed by atoms with Crippen molar-refractivity contribution >= 4 is 23.7 Å². The van der Waals surface area contributed by atoms with Gasteiger partial charge in [0.15, 0.2) is 0 Å². The first-order valence-corrected chi connectivity index (χ1v) is 6.50. The summed E-state index contributed by atoms with van der Waals surface area (Å²) in [6.45, 7) is 5.70. The van der Waals surface area contributed by atoms with Crippen LogP contribution in [-0.4, -0.2) is 43.3 Å². The third kappa shape index (κ3) is 4.88. The van der Waals surface area contributed by atoms with Crippen molar-refractivity contribution in [3.63, 3.8) is 0 Å². The van der Waals surface area contributed by atoms with Crippen LogP contribution in [0.1, 0.15) is 26.5 Å². The lowest BCUT2D eigenvalue weighted by atomic mass is 9.93. The van der Waals surface area contributed by atoms with Crippen molar-refractivity contribution in [1.29, 1.82) is 0 Å². The molecule has 10 heteroatoms. The highest BCUT2D eigenvalue weighted by Gasteiger charge is 2.22. The number of thioether (sulfide) groups is 1. The second kappa shape index (κ2) is 6.89. The summed E-state index contributed by atoms with van der Waals surface area (Å²) in [6, 6.07) is 0. The van der Waals surface area contributed by atoms with E-state index in [-0.39, 0.29) is 11.0 Å². The summed E-state index contributed by atoms with van der Waals surface area (Å²) in [4.78, 5) is 29.9. The molecular weight excluding hydrogens is 288 g/mol. The molecule has 9 nitrogen and oxygen atoms in total. The molecule has 0 aliphatic rings. The first kappa shape index (κ1) is 17.9. The third-order valence-electron chi connectivity index (χ3n) is 1.94. The number of aromatic nitrogens is 3. The Morgan fingerprint density at radius 1 is 1.20 bits per heavy atom. The van der Waals surface area contributed by atoms with Crippen LogP contribution in [0.2, 0.25) is 0 Å². The minimum atomic E-state index is -1.82. The average Bonchev–Trinajstić information content (AvgIpc) is 2.31. The van der Waals surface area contributed by atoms with Gasteiger partial charge in [0.25, 0.3) is 5.56 Å². The maximum atomic E-state index is 11.7. The molecule has 0 atom stereocenters. The number of carboxylic acid groups (broad SMARTS) is 2. The van der Waals surface area contributed by atoms with Gasteiger partial charge in [0.2, 0.25) is 5.16 Å². The second-order valence-electron chi connectivity index (χ2n) is 4.57. The Bertz CT molecular complexity index is 552. The van der Waals surface area contributed by atoms with Gasteiger partial charge in [0, 0.05) is 5.41 Å². The highest BCUT2D eigenvalue weighted by molar-refractivity contribution is 7.98. The fourth-order valence-electron chi connectivity index (χ4n) is 0.995. The topological polar surface area (TPSA) is 148 Å². The van der Waals surface area contributed by atoms with Crippen molar-refractivity contribution in [2.75, 3.05) is 12.1 Å². The molecule has 0 saturated carbocycles. The molecule has 0 radical (unpaired) electrons. The van der Waals surface area contributed by atoms with Crippen LogP contribution < -0.4 is 11.4 Å². The molecule has 0 aliphatic heterocycles. The van der Waals surface area contributed by atoms with Crippen molar-refractivity contribution in [3.05, 3.63) is 16.0 Å². The number of hydrogen-bond donors (Lipinski definition) is 3. The zero-order chi connectivity index (χ0) is 16.1. The van der Waals surface area contributed by atoms with Gasteiger partial charge in [0.1, 0.15) is 5.69 Å². The van der Waals surface area contributed by atoms with Gasteiger partial charge in [-0.25, -0.2) is 9.59 Å². The molecule has 0 spiro atoms. The molecule has 20 heavy (non-hydrogen) atoms. The molecule has 1 aromatic heterocycles. The van der Waals surface area contributed by atoms with E-state index in [4.69, 9.17) is 25.6 Å². The lowest BCUT2D eigenvalue weighted by molar-refractivity contribution is -0.159. The fourth-order valence-corrected chi connectivity index (χ4v) is 1.40. The van der Waals surface area contributed by atoms with E-state index in [1.54, 1.807) is 6.26 Å². The summed E-state index contributed by atoms with van der Waals surface area (Å²) in [6.07, 6.45) is 1.80. The summed E-state index contributed by atoms with van der Waals surface area (Å²) in [7, 11) is 0. The van der Waals surface area contributed by atoms with Gasteiger partial charge in [-0.3, -0.25) is 4.79 Å². The van der Waals surface area contributed by atoms with Gasteiger partial charge in [-0.05, 0) is 6.26 Å². The SMILES string of the molecule is CSc1nnc(C(C)(C)C)c(=O)n1N.O=C(O)C(=O)O. The highest BCUT2D eigenvalue weighted by Crippen LogP contribution is 2.16. The van der Waals surface area contributed by atoms with E-state index < -0.39 is 11.9 Å². The van der Waals surface area contributed by atoms with Crippen LogP contribution in [0.3, 0.4) is 0 Å². The van der Waals surface area contributed by atoms with Crippen LogP contribution in [0.15, 0.2) is 9.95 Å². The average molecular weight is 304 g/mol. The van der Waals surface area contributed by atoms with Gasteiger partial charge in [0.05, 0.1) is 0 Å². The van der Waals surface area contributed by atoms with Crippen molar-refractivity contribution < 1.29 is 19.8 Å². The van der Waals surface area contributed by atoms with Gasteiger partial charge < -0.3 is 16.1 Å². The highest BCUT2D eigenvalue weighted by atomic mass is 32.2. The fraction of sp³-hybridized carbons (Fsp3) is 0.500. The van der Waals surface area contributed by atoms with Crippen molar-refractivity contribution in [1.82, 2.24) is 14.9 Å². The lowest BCUT2D eigenvalue weighted by Crippen LogP contribution is -2.37. The Labute approximate surface area is 118 Å². The maximum Gasteiger partial charge on any atom is 0.414 e. The maximum absolute atomic E-state index is 11.7. The van der Waals surface area contributed by atoms with E-state index in [0.717, 1.165) is 4.68 Å². The van der Waals surface area contributed by atoms with E-state index in [2.05, 4.69) is 10.2 Å². The van der Waals surface area contributed by atoms with E-state index in [9.17, 15) is 4.79 Å². The van der Waals surface area contributed by atoms with Crippen LogP contribution in [0.4, 0.5) is 0 Å². The quantitative estimate of drug-likeness (QED) is 0.355. The first-order chi connectivity index (χ1) is 9.02. The number of nitrogen functional groups attached to an aromatic ring is 1. The minimum absolute atomic E-state index is 0.281. The van der Waals surface area contributed by atoms with E-state index in [0.29, 0.717) is 10.9 Å². The predicted octanol–water partition coefficient (Wildman–Crippen LogP) is -0.473. The normalized spacial score (nSPS) is 10.4.